The van der Waals surface area contributed by atoms with Gasteiger partial charge in [-0.3, -0.25) is 4.98 Å². The van der Waals surface area contributed by atoms with Crippen LogP contribution < -0.4 is 0 Å². The molecule has 1 rings (SSSR count). The van der Waals surface area contributed by atoms with Crippen LogP contribution in [0.4, 0.5) is 0 Å². The second-order valence-corrected chi connectivity index (χ2v) is 2.52. The molecule has 0 bridgehead atoms. The van der Waals surface area contributed by atoms with Crippen LogP contribution in [-0.2, 0) is 0 Å². The zero-order valence-corrected chi connectivity index (χ0v) is 7.15. The van der Waals surface area contributed by atoms with E-state index in [1.54, 1.807) is 19.2 Å². The number of pyridine rings is 1. The van der Waals surface area contributed by atoms with Gasteiger partial charge < -0.3 is 5.11 Å². The summed E-state index contributed by atoms with van der Waals surface area (Å²) in [6.07, 6.45) is 2.36. The van der Waals surface area contributed by atoms with Crippen molar-refractivity contribution in [3.05, 3.63) is 29.6 Å². The molecule has 13 heavy (non-hydrogen) atoms. The highest BCUT2D eigenvalue weighted by Crippen LogP contribution is 1.99. The van der Waals surface area contributed by atoms with Crippen molar-refractivity contribution in [2.24, 2.45) is 0 Å². The highest BCUT2D eigenvalue weighted by atomic mass is 16.3. The van der Waals surface area contributed by atoms with E-state index in [1.807, 2.05) is 6.07 Å². The summed E-state index contributed by atoms with van der Waals surface area (Å²) in [6.45, 7) is 1.58. The predicted molar refractivity (Wildman–Crippen MR) is 47.5 cm³/mol. The SMILES string of the molecule is C[C@@H](O)C#Cc1cncc(C#N)c1. The Labute approximate surface area is 76.7 Å². The molecule has 3 heteroatoms. The van der Waals surface area contributed by atoms with Crippen molar-refractivity contribution in [3.8, 4) is 17.9 Å². The Morgan fingerprint density at radius 2 is 2.15 bits per heavy atom. The van der Waals surface area contributed by atoms with Crippen molar-refractivity contribution >= 4 is 0 Å². The molecular formula is C10H8N2O. The van der Waals surface area contributed by atoms with Crippen molar-refractivity contribution in [1.29, 1.82) is 5.26 Å². The molecular weight excluding hydrogens is 164 g/mol. The maximum absolute atomic E-state index is 8.88. The summed E-state index contributed by atoms with van der Waals surface area (Å²) >= 11 is 0. The normalized spacial score (nSPS) is 10.8. The second-order valence-electron chi connectivity index (χ2n) is 2.52. The second kappa shape index (κ2) is 4.25. The van der Waals surface area contributed by atoms with Gasteiger partial charge in [-0.15, -0.1) is 0 Å². The molecule has 1 N–H and O–H groups in total. The monoisotopic (exact) mass is 172 g/mol. The zero-order chi connectivity index (χ0) is 9.68. The summed E-state index contributed by atoms with van der Waals surface area (Å²) in [7, 11) is 0. The summed E-state index contributed by atoms with van der Waals surface area (Å²) < 4.78 is 0. The molecule has 1 aromatic rings. The first-order chi connectivity index (χ1) is 6.22. The fourth-order valence-corrected chi connectivity index (χ4v) is 0.757. The molecule has 0 fully saturated rings. The molecule has 1 heterocycles. The van der Waals surface area contributed by atoms with Gasteiger partial charge in [0, 0.05) is 18.0 Å². The summed E-state index contributed by atoms with van der Waals surface area (Å²) in [6, 6.07) is 3.59. The maximum atomic E-state index is 8.88. The van der Waals surface area contributed by atoms with Gasteiger partial charge in [0.2, 0.25) is 0 Å². The molecule has 3 nitrogen and oxygen atoms in total. The Kier molecular flexibility index (Phi) is 3.03. The van der Waals surface area contributed by atoms with E-state index in [4.69, 9.17) is 10.4 Å². The molecule has 0 radical (unpaired) electrons. The number of nitriles is 1. The Hall–Kier alpha value is -1.84. The first-order valence-electron chi connectivity index (χ1n) is 3.77. The molecule has 0 spiro atoms. The van der Waals surface area contributed by atoms with Crippen LogP contribution in [0.5, 0.6) is 0 Å². The van der Waals surface area contributed by atoms with E-state index >= 15 is 0 Å². The minimum Gasteiger partial charge on any atom is -0.381 e. The minimum absolute atomic E-state index is 0.470. The Balaban J connectivity index is 2.93. The van der Waals surface area contributed by atoms with Crippen LogP contribution in [0.15, 0.2) is 18.5 Å². The largest absolute Gasteiger partial charge is 0.381 e. The van der Waals surface area contributed by atoms with Gasteiger partial charge in [-0.2, -0.15) is 5.26 Å². The molecule has 0 saturated carbocycles. The molecule has 0 amide bonds. The quantitative estimate of drug-likeness (QED) is 0.585. The fourth-order valence-electron chi connectivity index (χ4n) is 0.757. The van der Waals surface area contributed by atoms with E-state index in [0.29, 0.717) is 11.1 Å². The molecule has 1 atom stereocenters. The topological polar surface area (TPSA) is 56.9 Å². The summed E-state index contributed by atoms with van der Waals surface area (Å²) in [4.78, 5) is 3.83. The van der Waals surface area contributed by atoms with Crippen molar-refractivity contribution in [3.63, 3.8) is 0 Å². The Bertz CT molecular complexity index is 393. The first-order valence-corrected chi connectivity index (χ1v) is 3.77. The van der Waals surface area contributed by atoms with E-state index in [0.717, 1.165) is 0 Å². The number of hydrogen-bond acceptors (Lipinski definition) is 3. The number of aromatic nitrogens is 1. The number of rotatable bonds is 0. The smallest absolute Gasteiger partial charge is 0.112 e. The number of aliphatic hydroxyl groups excluding tert-OH is 1. The van der Waals surface area contributed by atoms with E-state index in [-0.39, 0.29) is 0 Å². The van der Waals surface area contributed by atoms with Gasteiger partial charge in [-0.1, -0.05) is 11.8 Å². The van der Waals surface area contributed by atoms with Crippen LogP contribution in [0.25, 0.3) is 0 Å². The lowest BCUT2D eigenvalue weighted by Crippen LogP contribution is -1.93. The van der Waals surface area contributed by atoms with E-state index in [2.05, 4.69) is 16.8 Å². The van der Waals surface area contributed by atoms with Crippen LogP contribution in [0.2, 0.25) is 0 Å². The van der Waals surface area contributed by atoms with Gasteiger partial charge in [0.05, 0.1) is 5.56 Å². The fraction of sp³-hybridized carbons (Fsp3) is 0.200. The van der Waals surface area contributed by atoms with Gasteiger partial charge in [-0.25, -0.2) is 0 Å². The third kappa shape index (κ3) is 2.94. The third-order valence-electron chi connectivity index (χ3n) is 1.29. The molecule has 0 unspecified atom stereocenters. The standard InChI is InChI=1S/C10H8N2O/c1-8(13)2-3-9-4-10(5-11)7-12-6-9/h4,6-8,13H,1H3/t8-/m1/s1. The molecule has 0 aromatic carbocycles. The van der Waals surface area contributed by atoms with Crippen LogP contribution in [0.3, 0.4) is 0 Å². The van der Waals surface area contributed by atoms with Crippen LogP contribution in [0, 0.1) is 23.2 Å². The highest BCUT2D eigenvalue weighted by Gasteiger charge is 1.92. The van der Waals surface area contributed by atoms with Crippen LogP contribution >= 0.6 is 0 Å². The van der Waals surface area contributed by atoms with Gasteiger partial charge >= 0.3 is 0 Å². The highest BCUT2D eigenvalue weighted by molar-refractivity contribution is 5.38. The molecule has 64 valence electrons. The van der Waals surface area contributed by atoms with Crippen LogP contribution in [0.1, 0.15) is 18.1 Å². The molecule has 0 saturated heterocycles. The van der Waals surface area contributed by atoms with Gasteiger partial charge in [0.15, 0.2) is 0 Å². The summed E-state index contributed by atoms with van der Waals surface area (Å²) in [5, 5.41) is 17.4. The average Bonchev–Trinajstić information content (AvgIpc) is 2.15. The van der Waals surface area contributed by atoms with E-state index in [1.165, 1.54) is 6.20 Å². The molecule has 1 aromatic heterocycles. The predicted octanol–water partition coefficient (Wildman–Crippen LogP) is 0.686. The lowest BCUT2D eigenvalue weighted by Gasteiger charge is -1.90. The van der Waals surface area contributed by atoms with Crippen LogP contribution in [-0.4, -0.2) is 16.2 Å². The molecule has 0 aliphatic heterocycles. The Morgan fingerprint density at radius 1 is 1.46 bits per heavy atom. The van der Waals surface area contributed by atoms with E-state index in [9.17, 15) is 0 Å². The summed E-state index contributed by atoms with van der Waals surface area (Å²) in [5.41, 5.74) is 1.11. The third-order valence-corrected chi connectivity index (χ3v) is 1.29. The number of nitrogens with zero attached hydrogens (tertiary/aromatic N) is 2. The van der Waals surface area contributed by atoms with Gasteiger partial charge in [0.25, 0.3) is 0 Å². The van der Waals surface area contributed by atoms with Crippen molar-refractivity contribution < 1.29 is 5.11 Å². The summed E-state index contributed by atoms with van der Waals surface area (Å²) in [5.74, 6) is 5.27. The molecule has 0 aliphatic carbocycles. The minimum atomic E-state index is -0.661. The zero-order valence-electron chi connectivity index (χ0n) is 7.15. The van der Waals surface area contributed by atoms with Crippen molar-refractivity contribution in [2.45, 2.75) is 13.0 Å². The van der Waals surface area contributed by atoms with Gasteiger partial charge in [0.1, 0.15) is 12.2 Å². The van der Waals surface area contributed by atoms with E-state index < -0.39 is 6.10 Å². The lowest BCUT2D eigenvalue weighted by atomic mass is 10.2. The first kappa shape index (κ1) is 9.25. The maximum Gasteiger partial charge on any atom is 0.112 e. The Morgan fingerprint density at radius 3 is 2.77 bits per heavy atom. The number of hydrogen-bond donors (Lipinski definition) is 1. The lowest BCUT2D eigenvalue weighted by molar-refractivity contribution is 0.253. The van der Waals surface area contributed by atoms with Crippen molar-refractivity contribution in [1.82, 2.24) is 4.98 Å². The van der Waals surface area contributed by atoms with Gasteiger partial charge in [-0.05, 0) is 13.0 Å². The average molecular weight is 172 g/mol. The molecule has 0 aliphatic rings. The van der Waals surface area contributed by atoms with Crippen molar-refractivity contribution in [2.75, 3.05) is 0 Å². The number of aliphatic hydroxyl groups is 1.